The van der Waals surface area contributed by atoms with E-state index in [1.165, 1.54) is 4.57 Å². The van der Waals surface area contributed by atoms with Crippen LogP contribution in [-0.2, 0) is 13.2 Å². The normalized spacial score (nSPS) is 10.6. The van der Waals surface area contributed by atoms with Crippen LogP contribution >= 0.6 is 0 Å². The summed E-state index contributed by atoms with van der Waals surface area (Å²) in [5, 5.41) is 2.10. The molecule has 0 radical (unpaired) electrons. The molecule has 0 unspecified atom stereocenters. The minimum absolute atomic E-state index is 0.147. The molecule has 5 rings (SSSR count). The first-order valence-corrected chi connectivity index (χ1v) is 11.3. The van der Waals surface area contributed by atoms with Crippen LogP contribution in [0, 0.1) is 0 Å². The fourth-order valence-electron chi connectivity index (χ4n) is 3.78. The molecule has 0 aliphatic carbocycles. The number of fused-ring (bicyclic) bond motifs is 3. The maximum Gasteiger partial charge on any atom is 0.419 e. The number of hydrogen-bond donors (Lipinski definition) is 1. The summed E-state index contributed by atoms with van der Waals surface area (Å²) in [4.78, 5) is 15.6. The Morgan fingerprint density at radius 3 is 2.43 bits per heavy atom. The molecule has 0 aliphatic heterocycles. The van der Waals surface area contributed by atoms with Gasteiger partial charge in [0, 0.05) is 16.3 Å². The second kappa shape index (κ2) is 11.2. The lowest BCUT2D eigenvalue weighted by Crippen LogP contribution is -2.17. The molecule has 2 aromatic heterocycles. The SMILES string of the molecule is C=CC.COc1ccccc1OCCn1cc(COc2cccc3[nH]c4ccccc4c23)oc1=O. The Morgan fingerprint density at radius 2 is 1.63 bits per heavy atom. The highest BCUT2D eigenvalue weighted by molar-refractivity contribution is 6.10. The zero-order valence-corrected chi connectivity index (χ0v) is 19.8. The summed E-state index contributed by atoms with van der Waals surface area (Å²) in [7, 11) is 1.59. The van der Waals surface area contributed by atoms with Crippen LogP contribution in [0.5, 0.6) is 17.2 Å². The number of hydrogen-bond acceptors (Lipinski definition) is 5. The van der Waals surface area contributed by atoms with Gasteiger partial charge in [0.25, 0.3) is 0 Å². The summed E-state index contributed by atoms with van der Waals surface area (Å²) in [6.45, 7) is 6.04. The first kappa shape index (κ1) is 23.8. The summed E-state index contributed by atoms with van der Waals surface area (Å²) >= 11 is 0. The zero-order valence-electron chi connectivity index (χ0n) is 19.8. The Balaban J connectivity index is 0.000000917. The lowest BCUT2D eigenvalue weighted by atomic mass is 10.1. The molecule has 0 fully saturated rings. The number of methoxy groups -OCH3 is 1. The van der Waals surface area contributed by atoms with Crippen LogP contribution in [0.2, 0.25) is 0 Å². The number of aromatic amines is 1. The van der Waals surface area contributed by atoms with Crippen molar-refractivity contribution in [3.8, 4) is 17.2 Å². The predicted molar refractivity (Wildman–Crippen MR) is 137 cm³/mol. The number of nitrogens with one attached hydrogen (secondary N) is 1. The Hall–Kier alpha value is -4.39. The van der Waals surface area contributed by atoms with Crippen LogP contribution in [0.25, 0.3) is 21.8 Å². The minimum atomic E-state index is -0.447. The highest BCUT2D eigenvalue weighted by Crippen LogP contribution is 2.33. The minimum Gasteiger partial charge on any atom is -0.493 e. The van der Waals surface area contributed by atoms with Crippen LogP contribution < -0.4 is 20.0 Å². The number of allylic oxidation sites excluding steroid dienone is 1. The van der Waals surface area contributed by atoms with Crippen LogP contribution in [0.15, 0.2) is 94.8 Å². The van der Waals surface area contributed by atoms with Crippen molar-refractivity contribution in [1.82, 2.24) is 9.55 Å². The number of H-pyrrole nitrogens is 1. The molecule has 2 heterocycles. The summed E-state index contributed by atoms with van der Waals surface area (Å²) in [5.74, 6) is 2.01. The van der Waals surface area contributed by atoms with Crippen molar-refractivity contribution >= 4 is 21.8 Å². The molecular formula is C28H28N2O5. The topological polar surface area (TPSA) is 78.6 Å². The average Bonchev–Trinajstić information content (AvgIpc) is 3.43. The molecule has 35 heavy (non-hydrogen) atoms. The molecule has 0 aliphatic rings. The van der Waals surface area contributed by atoms with Crippen molar-refractivity contribution in [3.63, 3.8) is 0 Å². The maximum atomic E-state index is 12.2. The molecule has 3 aromatic carbocycles. The van der Waals surface area contributed by atoms with Crippen LogP contribution in [-0.4, -0.2) is 23.3 Å². The molecule has 7 nitrogen and oxygen atoms in total. The first-order chi connectivity index (χ1) is 17.1. The highest BCUT2D eigenvalue weighted by Gasteiger charge is 2.12. The van der Waals surface area contributed by atoms with Crippen molar-refractivity contribution in [3.05, 3.63) is 102 Å². The molecule has 0 atom stereocenters. The number of aromatic nitrogens is 2. The predicted octanol–water partition coefficient (Wildman–Crippen LogP) is 5.93. The standard InChI is InChI=1S/C25H22N2O5.C3H6/c1-29-21-10-4-5-11-22(21)30-14-13-27-15-17(32-25(27)28)16-31-23-12-6-9-20-24(23)18-7-2-3-8-19(18)26-20;1-3-2/h2-12,15,26H,13-14,16H2,1H3;3H,1H2,2H3. The van der Waals surface area contributed by atoms with Gasteiger partial charge < -0.3 is 23.6 Å². The van der Waals surface area contributed by atoms with Crippen molar-refractivity contribution in [2.75, 3.05) is 13.7 Å². The van der Waals surface area contributed by atoms with Gasteiger partial charge in [0.15, 0.2) is 17.3 Å². The Kier molecular flexibility index (Phi) is 7.57. The zero-order chi connectivity index (χ0) is 24.6. The van der Waals surface area contributed by atoms with E-state index in [1.807, 2.05) is 67.6 Å². The van der Waals surface area contributed by atoms with Gasteiger partial charge in [-0.15, -0.1) is 6.58 Å². The molecule has 0 bridgehead atoms. The Labute approximate surface area is 203 Å². The van der Waals surface area contributed by atoms with Gasteiger partial charge in [-0.3, -0.25) is 4.57 Å². The Bertz CT molecular complexity index is 1480. The third-order valence-electron chi connectivity index (χ3n) is 5.27. The van der Waals surface area contributed by atoms with E-state index in [-0.39, 0.29) is 6.61 Å². The van der Waals surface area contributed by atoms with Gasteiger partial charge in [-0.05, 0) is 37.3 Å². The number of ether oxygens (including phenoxy) is 3. The summed E-state index contributed by atoms with van der Waals surface area (Å²) in [5.41, 5.74) is 2.04. The number of oxazole rings is 1. The van der Waals surface area contributed by atoms with E-state index in [4.69, 9.17) is 18.6 Å². The van der Waals surface area contributed by atoms with Crippen molar-refractivity contribution in [2.45, 2.75) is 20.1 Å². The van der Waals surface area contributed by atoms with Gasteiger partial charge in [-0.1, -0.05) is 42.5 Å². The molecule has 0 spiro atoms. The summed E-state index contributed by atoms with van der Waals surface area (Å²) < 4.78 is 23.9. The van der Waals surface area contributed by atoms with E-state index >= 15 is 0 Å². The third kappa shape index (κ3) is 5.41. The molecule has 180 valence electrons. The van der Waals surface area contributed by atoms with Gasteiger partial charge in [0.2, 0.25) is 0 Å². The number of rotatable bonds is 8. The number of nitrogens with zero attached hydrogens (tertiary/aromatic N) is 1. The number of benzene rings is 3. The largest absolute Gasteiger partial charge is 0.493 e. The van der Waals surface area contributed by atoms with Gasteiger partial charge >= 0.3 is 5.76 Å². The van der Waals surface area contributed by atoms with Crippen LogP contribution in [0.1, 0.15) is 12.7 Å². The average molecular weight is 473 g/mol. The molecule has 7 heteroatoms. The van der Waals surface area contributed by atoms with E-state index in [0.29, 0.717) is 30.4 Å². The smallest absolute Gasteiger partial charge is 0.419 e. The molecule has 0 saturated heterocycles. The first-order valence-electron chi connectivity index (χ1n) is 11.3. The van der Waals surface area contributed by atoms with Crippen molar-refractivity contribution < 1.29 is 18.6 Å². The molecule has 5 aromatic rings. The molecular weight excluding hydrogens is 444 g/mol. The fourth-order valence-corrected chi connectivity index (χ4v) is 3.78. The van der Waals surface area contributed by atoms with E-state index < -0.39 is 5.76 Å². The summed E-state index contributed by atoms with van der Waals surface area (Å²) in [6, 6.07) is 21.3. The molecule has 0 saturated carbocycles. The van der Waals surface area contributed by atoms with Crippen molar-refractivity contribution in [1.29, 1.82) is 0 Å². The quantitative estimate of drug-likeness (QED) is 0.283. The maximum absolute atomic E-state index is 12.2. The van der Waals surface area contributed by atoms with Gasteiger partial charge in [-0.25, -0.2) is 4.79 Å². The second-order valence-corrected chi connectivity index (χ2v) is 7.70. The van der Waals surface area contributed by atoms with Gasteiger partial charge in [0.05, 0.1) is 25.4 Å². The van der Waals surface area contributed by atoms with E-state index in [1.54, 1.807) is 19.4 Å². The van der Waals surface area contributed by atoms with E-state index in [9.17, 15) is 4.79 Å². The molecule has 1 N–H and O–H groups in total. The third-order valence-corrected chi connectivity index (χ3v) is 5.27. The second-order valence-electron chi connectivity index (χ2n) is 7.70. The monoisotopic (exact) mass is 472 g/mol. The highest BCUT2D eigenvalue weighted by atomic mass is 16.5. The van der Waals surface area contributed by atoms with Crippen LogP contribution in [0.4, 0.5) is 0 Å². The lowest BCUT2D eigenvalue weighted by molar-refractivity contribution is 0.265. The summed E-state index contributed by atoms with van der Waals surface area (Å²) in [6.07, 6.45) is 3.41. The number of para-hydroxylation sites is 3. The van der Waals surface area contributed by atoms with E-state index in [2.05, 4.69) is 17.6 Å². The van der Waals surface area contributed by atoms with Crippen molar-refractivity contribution in [2.24, 2.45) is 0 Å². The van der Waals surface area contributed by atoms with Gasteiger partial charge in [0.1, 0.15) is 19.0 Å². The fraction of sp³-hybridized carbons (Fsp3) is 0.179. The van der Waals surface area contributed by atoms with E-state index in [0.717, 1.165) is 27.6 Å². The van der Waals surface area contributed by atoms with Crippen LogP contribution in [0.3, 0.4) is 0 Å². The van der Waals surface area contributed by atoms with Gasteiger partial charge in [-0.2, -0.15) is 0 Å². The molecule has 0 amide bonds. The Morgan fingerprint density at radius 1 is 0.943 bits per heavy atom. The lowest BCUT2D eigenvalue weighted by Gasteiger charge is -2.09.